The first-order chi connectivity index (χ1) is 16.9. The van der Waals surface area contributed by atoms with Crippen LogP contribution < -0.4 is 5.56 Å². The van der Waals surface area contributed by atoms with E-state index < -0.39 is 5.91 Å². The largest absolute Gasteiger partial charge is 0.372 e. The Morgan fingerprint density at radius 1 is 1.29 bits per heavy atom. The summed E-state index contributed by atoms with van der Waals surface area (Å²) in [7, 11) is 2.91. The highest BCUT2D eigenvalue weighted by Crippen LogP contribution is 2.82. The normalized spacial score (nSPS) is 28.9. The van der Waals surface area contributed by atoms with Crippen LogP contribution in [0.5, 0.6) is 0 Å². The molecule has 5 atom stereocenters. The van der Waals surface area contributed by atoms with E-state index in [1.807, 2.05) is 24.3 Å². The summed E-state index contributed by atoms with van der Waals surface area (Å²) in [5, 5.41) is 1.06. The smallest absolute Gasteiger partial charge is 0.301 e. The van der Waals surface area contributed by atoms with Gasteiger partial charge in [-0.3, -0.25) is 14.4 Å². The van der Waals surface area contributed by atoms with Crippen LogP contribution in [-0.2, 0) is 4.84 Å². The van der Waals surface area contributed by atoms with Gasteiger partial charge in [0.15, 0.2) is 5.69 Å². The maximum Gasteiger partial charge on any atom is 0.301 e. The number of fused-ring (bicyclic) bond motifs is 1. The molecule has 0 N–H and O–H groups in total. The second kappa shape index (κ2) is 8.19. The summed E-state index contributed by atoms with van der Waals surface area (Å²) >= 11 is 0. The molecule has 1 aromatic carbocycles. The quantitative estimate of drug-likeness (QED) is 0.573. The van der Waals surface area contributed by atoms with E-state index in [-0.39, 0.29) is 17.3 Å². The molecule has 5 aliphatic rings. The number of amides is 1. The van der Waals surface area contributed by atoms with Gasteiger partial charge in [-0.15, -0.1) is 0 Å². The number of likely N-dealkylation sites (tertiary alicyclic amines) is 1. The van der Waals surface area contributed by atoms with Crippen LogP contribution in [0, 0.1) is 17.3 Å². The topological polar surface area (TPSA) is 67.7 Å². The van der Waals surface area contributed by atoms with Crippen LogP contribution in [0.25, 0.3) is 11.0 Å². The van der Waals surface area contributed by atoms with Gasteiger partial charge in [0, 0.05) is 25.2 Å². The van der Waals surface area contributed by atoms with E-state index in [0.717, 1.165) is 40.7 Å². The Hall–Kier alpha value is -2.67. The number of rotatable bonds is 6. The third-order valence-electron chi connectivity index (χ3n) is 9.49. The first kappa shape index (κ1) is 22.8. The predicted molar refractivity (Wildman–Crippen MR) is 135 cm³/mol. The second-order valence-electron chi connectivity index (χ2n) is 11.3. The van der Waals surface area contributed by atoms with Gasteiger partial charge in [-0.1, -0.05) is 12.1 Å². The van der Waals surface area contributed by atoms with Crippen LogP contribution in [-0.4, -0.2) is 51.7 Å². The van der Waals surface area contributed by atoms with Crippen molar-refractivity contribution in [3.63, 3.8) is 0 Å². The summed E-state index contributed by atoms with van der Waals surface area (Å²) in [4.78, 5) is 38.6. The third kappa shape index (κ3) is 3.38. The average molecular weight is 477 g/mol. The summed E-state index contributed by atoms with van der Waals surface area (Å²) in [6.07, 6.45) is 11.2. The maximum absolute atomic E-state index is 13.6. The molecule has 2 heterocycles. The summed E-state index contributed by atoms with van der Waals surface area (Å²) in [5.74, 6) is 1.16. The zero-order valence-corrected chi connectivity index (χ0v) is 21.2. The molecule has 2 aromatic rings. The van der Waals surface area contributed by atoms with Gasteiger partial charge < -0.3 is 9.47 Å². The fourth-order valence-electron chi connectivity index (χ4n) is 7.14. The molecule has 4 aliphatic carbocycles. The zero-order chi connectivity index (χ0) is 24.5. The Balaban J connectivity index is 1.32. The number of piperidine rings is 1. The van der Waals surface area contributed by atoms with E-state index in [0.29, 0.717) is 17.6 Å². The lowest BCUT2D eigenvalue weighted by molar-refractivity contribution is -0.0761. The standard InChI is InChI=1S/C28H36N4O3/c1-17-8-7-9-19(31(17)16-20-21-15-22(20)28(21)12-13-28)14-18(2)32-24-11-6-5-10-23(24)29-25(27(32)34)26(33)30(3)35-4/h5-6,10-11,16-19,21-22H,7-9,12-15H2,1-4H3/t17-,18-,19-,21?,22?/m0/s1. The highest BCUT2D eigenvalue weighted by atomic mass is 16.7. The van der Waals surface area contributed by atoms with Crippen molar-refractivity contribution < 1.29 is 9.63 Å². The molecule has 1 saturated heterocycles. The SMILES string of the molecule is CON(C)C(=O)c1nc2ccccc2n([C@@H](C)C[C@@H]2CCC[C@H](C)N2C=C2C3CC2C32CC2)c1=O. The van der Waals surface area contributed by atoms with Gasteiger partial charge in [0.1, 0.15) is 0 Å². The highest BCUT2D eigenvalue weighted by Gasteiger charge is 2.73. The zero-order valence-electron chi connectivity index (χ0n) is 21.2. The van der Waals surface area contributed by atoms with Crippen LogP contribution in [0.4, 0.5) is 0 Å². The number of aromatic nitrogens is 2. The molecule has 5 fully saturated rings. The van der Waals surface area contributed by atoms with Gasteiger partial charge in [-0.2, -0.15) is 0 Å². The van der Waals surface area contributed by atoms with E-state index in [9.17, 15) is 9.59 Å². The summed E-state index contributed by atoms with van der Waals surface area (Å²) in [6.45, 7) is 4.45. The molecule has 4 saturated carbocycles. The van der Waals surface area contributed by atoms with Crippen molar-refractivity contribution in [1.29, 1.82) is 0 Å². The van der Waals surface area contributed by atoms with E-state index in [1.165, 1.54) is 46.3 Å². The summed E-state index contributed by atoms with van der Waals surface area (Å²) < 4.78 is 1.78. The first-order valence-electron chi connectivity index (χ1n) is 13.2. The average Bonchev–Trinajstić information content (AvgIpc) is 3.65. The van der Waals surface area contributed by atoms with Crippen LogP contribution in [0.15, 0.2) is 40.8 Å². The Morgan fingerprint density at radius 2 is 2.03 bits per heavy atom. The van der Waals surface area contributed by atoms with Crippen LogP contribution in [0.2, 0.25) is 0 Å². The Morgan fingerprint density at radius 3 is 2.71 bits per heavy atom. The number of benzene rings is 1. The van der Waals surface area contributed by atoms with Gasteiger partial charge in [0.2, 0.25) is 0 Å². The van der Waals surface area contributed by atoms with Crippen molar-refractivity contribution >= 4 is 16.9 Å². The van der Waals surface area contributed by atoms with Crippen molar-refractivity contribution in [2.45, 2.75) is 76.9 Å². The first-order valence-corrected chi connectivity index (χ1v) is 13.2. The second-order valence-corrected chi connectivity index (χ2v) is 11.3. The lowest BCUT2D eigenvalue weighted by Crippen LogP contribution is -2.56. The molecule has 2 unspecified atom stereocenters. The molecule has 1 aliphatic heterocycles. The molecule has 186 valence electrons. The van der Waals surface area contributed by atoms with Gasteiger partial charge in [-0.25, -0.2) is 10.0 Å². The van der Waals surface area contributed by atoms with Gasteiger partial charge in [0.25, 0.3) is 5.56 Å². The highest BCUT2D eigenvalue weighted by molar-refractivity contribution is 5.93. The van der Waals surface area contributed by atoms with Crippen molar-refractivity contribution in [3.05, 3.63) is 52.1 Å². The summed E-state index contributed by atoms with van der Waals surface area (Å²) in [6, 6.07) is 8.42. The lowest BCUT2D eigenvalue weighted by Gasteiger charge is -2.63. The summed E-state index contributed by atoms with van der Waals surface area (Å²) in [5.41, 5.74) is 3.37. The Labute approximate surface area is 206 Å². The number of nitrogens with zero attached hydrogens (tertiary/aromatic N) is 4. The molecule has 1 spiro atoms. The molecule has 0 radical (unpaired) electrons. The third-order valence-corrected chi connectivity index (χ3v) is 9.49. The Kier molecular flexibility index (Phi) is 5.33. The molecule has 7 heteroatoms. The van der Waals surface area contributed by atoms with Crippen molar-refractivity contribution in [2.75, 3.05) is 14.2 Å². The van der Waals surface area contributed by atoms with Crippen molar-refractivity contribution in [1.82, 2.24) is 19.5 Å². The minimum absolute atomic E-state index is 0.0725. The number of allylic oxidation sites excluding steroid dienone is 1. The molecule has 2 bridgehead atoms. The number of hydroxylamine groups is 2. The Bertz CT molecular complexity index is 1250. The molecule has 35 heavy (non-hydrogen) atoms. The van der Waals surface area contributed by atoms with E-state index in [4.69, 9.17) is 4.84 Å². The minimum atomic E-state index is -0.528. The molecular weight excluding hydrogens is 440 g/mol. The number of hydrogen-bond donors (Lipinski definition) is 0. The number of hydrogen-bond acceptors (Lipinski definition) is 5. The molecular formula is C28H36N4O3. The predicted octanol–water partition coefficient (Wildman–Crippen LogP) is 4.54. The van der Waals surface area contributed by atoms with E-state index in [2.05, 4.69) is 29.9 Å². The number of para-hydroxylation sites is 2. The van der Waals surface area contributed by atoms with Crippen molar-refractivity contribution in [3.8, 4) is 0 Å². The van der Waals surface area contributed by atoms with Crippen LogP contribution in [0.1, 0.15) is 75.3 Å². The fourth-order valence-corrected chi connectivity index (χ4v) is 7.14. The van der Waals surface area contributed by atoms with E-state index in [1.54, 1.807) is 10.1 Å². The van der Waals surface area contributed by atoms with E-state index >= 15 is 0 Å². The molecule has 1 amide bonds. The number of carbonyl (C=O) groups is 1. The number of carbonyl (C=O) groups excluding carboxylic acids is 1. The maximum atomic E-state index is 13.6. The van der Waals surface area contributed by atoms with Crippen molar-refractivity contribution in [2.24, 2.45) is 17.3 Å². The van der Waals surface area contributed by atoms with Gasteiger partial charge in [0.05, 0.1) is 18.1 Å². The van der Waals surface area contributed by atoms with Crippen LogP contribution in [0.3, 0.4) is 0 Å². The molecule has 7 rings (SSSR count). The fraction of sp³-hybridized carbons (Fsp3) is 0.607. The molecule has 1 aromatic heterocycles. The lowest BCUT2D eigenvalue weighted by atomic mass is 9.42. The minimum Gasteiger partial charge on any atom is -0.372 e. The monoisotopic (exact) mass is 476 g/mol. The van der Waals surface area contributed by atoms with Gasteiger partial charge >= 0.3 is 5.91 Å². The van der Waals surface area contributed by atoms with Gasteiger partial charge in [-0.05, 0) is 99.9 Å². The van der Waals surface area contributed by atoms with Crippen LogP contribution >= 0.6 is 0 Å². The molecule has 7 nitrogen and oxygen atoms in total.